The Labute approximate surface area is 121 Å². The van der Waals surface area contributed by atoms with Crippen LogP contribution < -0.4 is 0 Å². The Kier molecular flexibility index (Phi) is 3.53. The predicted octanol–water partition coefficient (Wildman–Crippen LogP) is 4.52. The first kappa shape index (κ1) is 14.8. The number of aliphatic carboxylic acids is 1. The van der Waals surface area contributed by atoms with Gasteiger partial charge in [-0.1, -0.05) is 45.9 Å². The van der Waals surface area contributed by atoms with E-state index >= 15 is 0 Å². The largest absolute Gasteiger partial charge is 0.478 e. The highest BCUT2D eigenvalue weighted by atomic mass is 16.4. The van der Waals surface area contributed by atoms with Gasteiger partial charge in [-0.15, -0.1) is 0 Å². The Morgan fingerprint density at radius 2 is 1.65 bits per heavy atom. The SMILES string of the molecule is CC(=CC(=O)O)c1ccc2c(c1)C(C)(C)CCC2(C)C. The number of hydrogen-bond donors (Lipinski definition) is 1. The van der Waals surface area contributed by atoms with Crippen LogP contribution in [0.1, 0.15) is 64.2 Å². The molecule has 108 valence electrons. The molecule has 1 aliphatic carbocycles. The van der Waals surface area contributed by atoms with Crippen LogP contribution in [0, 0.1) is 0 Å². The van der Waals surface area contributed by atoms with Crippen molar-refractivity contribution in [1.29, 1.82) is 0 Å². The molecule has 0 aromatic heterocycles. The van der Waals surface area contributed by atoms with Gasteiger partial charge in [-0.05, 0) is 52.9 Å². The van der Waals surface area contributed by atoms with E-state index in [2.05, 4.69) is 45.9 Å². The zero-order chi connectivity index (χ0) is 15.1. The van der Waals surface area contributed by atoms with E-state index in [4.69, 9.17) is 5.11 Å². The van der Waals surface area contributed by atoms with Crippen molar-refractivity contribution in [3.8, 4) is 0 Å². The van der Waals surface area contributed by atoms with Gasteiger partial charge in [0.15, 0.2) is 0 Å². The van der Waals surface area contributed by atoms with Crippen LogP contribution in [0.2, 0.25) is 0 Å². The second kappa shape index (κ2) is 4.76. The third-order valence-corrected chi connectivity index (χ3v) is 4.65. The van der Waals surface area contributed by atoms with Crippen LogP contribution in [0.15, 0.2) is 24.3 Å². The van der Waals surface area contributed by atoms with E-state index in [1.54, 1.807) is 0 Å². The highest BCUT2D eigenvalue weighted by Gasteiger charge is 2.36. The lowest BCUT2D eigenvalue weighted by atomic mass is 9.63. The Morgan fingerprint density at radius 1 is 1.10 bits per heavy atom. The summed E-state index contributed by atoms with van der Waals surface area (Å²) in [6.45, 7) is 11.0. The van der Waals surface area contributed by atoms with Gasteiger partial charge >= 0.3 is 5.97 Å². The van der Waals surface area contributed by atoms with Crippen LogP contribution in [-0.2, 0) is 15.6 Å². The Morgan fingerprint density at radius 3 is 2.20 bits per heavy atom. The quantitative estimate of drug-likeness (QED) is 0.803. The molecule has 0 saturated heterocycles. The number of allylic oxidation sites excluding steroid dienone is 1. The monoisotopic (exact) mass is 272 g/mol. The van der Waals surface area contributed by atoms with Gasteiger partial charge in [0, 0.05) is 6.08 Å². The van der Waals surface area contributed by atoms with Gasteiger partial charge in [0.1, 0.15) is 0 Å². The number of rotatable bonds is 2. The molecule has 1 aliphatic rings. The summed E-state index contributed by atoms with van der Waals surface area (Å²) in [5.74, 6) is -0.889. The van der Waals surface area contributed by atoms with Gasteiger partial charge in [0.2, 0.25) is 0 Å². The summed E-state index contributed by atoms with van der Waals surface area (Å²) in [5.41, 5.74) is 4.94. The first-order valence-corrected chi connectivity index (χ1v) is 7.20. The van der Waals surface area contributed by atoms with Crippen LogP contribution in [0.5, 0.6) is 0 Å². The summed E-state index contributed by atoms with van der Waals surface area (Å²) < 4.78 is 0. The van der Waals surface area contributed by atoms with Crippen LogP contribution in [0.25, 0.3) is 5.57 Å². The highest BCUT2D eigenvalue weighted by Crippen LogP contribution is 2.46. The van der Waals surface area contributed by atoms with E-state index in [0.717, 1.165) is 17.6 Å². The second-order valence-electron chi connectivity index (χ2n) is 7.19. The molecule has 0 saturated carbocycles. The molecular weight excluding hydrogens is 248 g/mol. The molecule has 1 N–H and O–H groups in total. The molecule has 2 heteroatoms. The number of fused-ring (bicyclic) bond motifs is 1. The fraction of sp³-hybridized carbons (Fsp3) is 0.500. The van der Waals surface area contributed by atoms with Crippen molar-refractivity contribution in [2.45, 2.75) is 58.3 Å². The molecule has 0 unspecified atom stereocenters. The van der Waals surface area contributed by atoms with Crippen LogP contribution in [0.4, 0.5) is 0 Å². The molecule has 0 radical (unpaired) electrons. The molecule has 0 atom stereocenters. The molecule has 0 amide bonds. The van der Waals surface area contributed by atoms with Crippen molar-refractivity contribution in [3.05, 3.63) is 41.0 Å². The first-order chi connectivity index (χ1) is 9.13. The minimum Gasteiger partial charge on any atom is -0.478 e. The average Bonchev–Trinajstić information content (AvgIpc) is 2.34. The molecule has 1 aromatic rings. The standard InChI is InChI=1S/C18H24O2/c1-12(10-16(19)20)13-6-7-14-15(11-13)18(4,5)9-8-17(14,2)3/h6-7,10-11H,8-9H2,1-5H3,(H,19,20). The molecule has 0 spiro atoms. The van der Waals surface area contributed by atoms with Crippen molar-refractivity contribution in [1.82, 2.24) is 0 Å². The maximum atomic E-state index is 10.8. The molecule has 2 rings (SSSR count). The minimum atomic E-state index is -0.889. The number of benzene rings is 1. The van der Waals surface area contributed by atoms with Gasteiger partial charge in [0.05, 0.1) is 0 Å². The second-order valence-corrected chi connectivity index (χ2v) is 7.19. The van der Waals surface area contributed by atoms with Crippen molar-refractivity contribution in [2.24, 2.45) is 0 Å². The van der Waals surface area contributed by atoms with Crippen molar-refractivity contribution >= 4 is 11.5 Å². The maximum absolute atomic E-state index is 10.8. The van der Waals surface area contributed by atoms with Gasteiger partial charge in [-0.3, -0.25) is 0 Å². The van der Waals surface area contributed by atoms with Gasteiger partial charge in [-0.25, -0.2) is 4.79 Å². The maximum Gasteiger partial charge on any atom is 0.328 e. The summed E-state index contributed by atoms with van der Waals surface area (Å²) in [4.78, 5) is 10.8. The number of carboxylic acid groups (broad SMARTS) is 1. The Bertz CT molecular complexity index is 577. The third kappa shape index (κ3) is 2.65. The van der Waals surface area contributed by atoms with E-state index in [1.165, 1.54) is 23.6 Å². The molecule has 0 aliphatic heterocycles. The third-order valence-electron chi connectivity index (χ3n) is 4.65. The van der Waals surface area contributed by atoms with Crippen molar-refractivity contribution in [2.75, 3.05) is 0 Å². The molecule has 2 nitrogen and oxygen atoms in total. The fourth-order valence-electron chi connectivity index (χ4n) is 3.10. The fourth-order valence-corrected chi connectivity index (χ4v) is 3.10. The van der Waals surface area contributed by atoms with E-state index in [-0.39, 0.29) is 10.8 Å². The summed E-state index contributed by atoms with van der Waals surface area (Å²) in [6, 6.07) is 6.42. The Balaban J connectivity index is 2.57. The van der Waals surface area contributed by atoms with E-state index in [9.17, 15) is 4.79 Å². The molecule has 0 heterocycles. The van der Waals surface area contributed by atoms with Gasteiger partial charge < -0.3 is 5.11 Å². The lowest BCUT2D eigenvalue weighted by molar-refractivity contribution is -0.131. The van der Waals surface area contributed by atoms with Crippen molar-refractivity contribution < 1.29 is 9.90 Å². The lowest BCUT2D eigenvalue weighted by Crippen LogP contribution is -2.33. The smallest absolute Gasteiger partial charge is 0.328 e. The molecule has 1 aromatic carbocycles. The van der Waals surface area contributed by atoms with E-state index in [0.29, 0.717) is 0 Å². The van der Waals surface area contributed by atoms with Gasteiger partial charge in [-0.2, -0.15) is 0 Å². The van der Waals surface area contributed by atoms with E-state index < -0.39 is 5.97 Å². The molecule has 0 bridgehead atoms. The topological polar surface area (TPSA) is 37.3 Å². The lowest BCUT2D eigenvalue weighted by Gasteiger charge is -2.42. The first-order valence-electron chi connectivity index (χ1n) is 7.20. The van der Waals surface area contributed by atoms with E-state index in [1.807, 2.05) is 6.92 Å². The van der Waals surface area contributed by atoms with Crippen LogP contribution in [-0.4, -0.2) is 11.1 Å². The zero-order valence-corrected chi connectivity index (χ0v) is 13.1. The van der Waals surface area contributed by atoms with Gasteiger partial charge in [0.25, 0.3) is 0 Å². The zero-order valence-electron chi connectivity index (χ0n) is 13.1. The van der Waals surface area contributed by atoms with Crippen LogP contribution in [0.3, 0.4) is 0 Å². The Hall–Kier alpha value is -1.57. The average molecular weight is 272 g/mol. The molecule has 20 heavy (non-hydrogen) atoms. The number of carbonyl (C=O) groups is 1. The number of hydrogen-bond acceptors (Lipinski definition) is 1. The summed E-state index contributed by atoms with van der Waals surface area (Å²) >= 11 is 0. The predicted molar refractivity (Wildman–Crippen MR) is 83.0 cm³/mol. The minimum absolute atomic E-state index is 0.157. The number of carboxylic acids is 1. The summed E-state index contributed by atoms with van der Waals surface area (Å²) in [5, 5.41) is 8.89. The highest BCUT2D eigenvalue weighted by molar-refractivity contribution is 5.89. The molecule has 0 fully saturated rings. The van der Waals surface area contributed by atoms with Crippen LogP contribution >= 0.6 is 0 Å². The van der Waals surface area contributed by atoms with Crippen molar-refractivity contribution in [3.63, 3.8) is 0 Å². The summed E-state index contributed by atoms with van der Waals surface area (Å²) in [6.07, 6.45) is 3.64. The summed E-state index contributed by atoms with van der Waals surface area (Å²) in [7, 11) is 0. The normalized spacial score (nSPS) is 20.4. The molecular formula is C18H24O2.